The van der Waals surface area contributed by atoms with E-state index < -0.39 is 25.5 Å². The van der Waals surface area contributed by atoms with Crippen molar-refractivity contribution in [3.8, 4) is 0 Å². The molecule has 10 heteroatoms. The number of hydrogen-bond acceptors (Lipinski definition) is 4. The van der Waals surface area contributed by atoms with Gasteiger partial charge < -0.3 is 19.6 Å². The highest BCUT2D eigenvalue weighted by Gasteiger charge is 2.59. The fourth-order valence-electron chi connectivity index (χ4n) is 1.30. The summed E-state index contributed by atoms with van der Waals surface area (Å²) >= 11 is 3.93. The Morgan fingerprint density at radius 2 is 1.73 bits per heavy atom. The lowest BCUT2D eigenvalue weighted by Crippen LogP contribution is -2.34. The molecule has 0 amide bonds. The molecular weight excluding hydrogens is 264 g/mol. The summed E-state index contributed by atoms with van der Waals surface area (Å²) in [6.07, 6.45) is 0.435. The van der Waals surface area contributed by atoms with E-state index >= 15 is 0 Å². The lowest BCUT2D eigenvalue weighted by molar-refractivity contribution is 0.320. The van der Waals surface area contributed by atoms with E-state index in [1.807, 2.05) is 0 Å². The molecule has 0 fully saturated rings. The zero-order valence-electron chi connectivity index (χ0n) is 7.46. The van der Waals surface area contributed by atoms with E-state index in [0.29, 0.717) is 6.21 Å². The third kappa shape index (κ3) is 2.36. The molecule has 0 aliphatic carbocycles. The van der Waals surface area contributed by atoms with E-state index in [4.69, 9.17) is 19.6 Å². The summed E-state index contributed by atoms with van der Waals surface area (Å²) in [5.41, 5.74) is 0. The minimum absolute atomic E-state index is 0.107. The molecule has 1 rings (SSSR count). The second kappa shape index (κ2) is 3.96. The number of hydrogen-bond donors (Lipinski definition) is 5. The van der Waals surface area contributed by atoms with E-state index in [9.17, 15) is 9.13 Å². The Hall–Kier alpha value is 0.320. The predicted molar refractivity (Wildman–Crippen MR) is 57.3 cm³/mol. The highest BCUT2D eigenvalue weighted by Crippen LogP contribution is 2.70. The summed E-state index contributed by atoms with van der Waals surface area (Å²) in [7, 11) is -9.93. The van der Waals surface area contributed by atoms with Gasteiger partial charge in [-0.05, 0) is 12.8 Å². The van der Waals surface area contributed by atoms with E-state index in [0.717, 1.165) is 0 Å². The zero-order chi connectivity index (χ0) is 11.9. The molecule has 0 saturated heterocycles. The van der Waals surface area contributed by atoms with Crippen molar-refractivity contribution in [3.05, 3.63) is 0 Å². The van der Waals surface area contributed by atoms with Gasteiger partial charge in [-0.3, -0.25) is 14.1 Å². The van der Waals surface area contributed by atoms with Crippen molar-refractivity contribution in [1.82, 2.24) is 0 Å². The Balaban J connectivity index is 3.29. The average Bonchev–Trinajstić information content (AvgIpc) is 2.00. The Bertz CT molecular complexity index is 350. The van der Waals surface area contributed by atoms with Crippen molar-refractivity contribution >= 4 is 34.0 Å². The number of rotatable bonds is 2. The molecule has 1 atom stereocenters. The van der Waals surface area contributed by atoms with Crippen molar-refractivity contribution in [3.63, 3.8) is 0 Å². The maximum Gasteiger partial charge on any atom is 0.349 e. The maximum atomic E-state index is 11.1. The molecule has 0 bridgehead atoms. The van der Waals surface area contributed by atoms with Crippen LogP contribution in [0, 0.1) is 0 Å². The topological polar surface area (TPSA) is 127 Å². The number of thiol groups is 1. The first-order chi connectivity index (χ1) is 6.60. The predicted octanol–water partition coefficient (Wildman–Crippen LogP) is 0.159. The Morgan fingerprint density at radius 3 is 2.00 bits per heavy atom. The van der Waals surface area contributed by atoms with Crippen LogP contribution in [0.1, 0.15) is 12.8 Å². The van der Waals surface area contributed by atoms with E-state index in [1.54, 1.807) is 0 Å². The first-order valence-corrected chi connectivity index (χ1v) is 7.68. The molecule has 15 heavy (non-hydrogen) atoms. The highest BCUT2D eigenvalue weighted by molar-refractivity contribution is 7.81. The summed E-state index contributed by atoms with van der Waals surface area (Å²) in [5, 5.41) is -0.476. The summed E-state index contributed by atoms with van der Waals surface area (Å²) < 4.78 is 22.3. The van der Waals surface area contributed by atoms with Crippen molar-refractivity contribution in [2.24, 2.45) is 4.99 Å². The summed E-state index contributed by atoms with van der Waals surface area (Å²) in [5.74, 6) is 0. The molecule has 1 aliphatic heterocycles. The van der Waals surface area contributed by atoms with Crippen LogP contribution in [0.2, 0.25) is 0 Å². The standard InChI is InChI=1S/C5H11NO6P2S/c7-13(8,9)5(14(10,11)12)2-1-4(15)6-3-5/h3-4,15H,1-2H2,(H2,7,8,9)(H2,10,11,12). The van der Waals surface area contributed by atoms with E-state index in [-0.39, 0.29) is 12.8 Å². The second-order valence-corrected chi connectivity index (χ2v) is 7.99. The smallest absolute Gasteiger partial charge is 0.323 e. The Morgan fingerprint density at radius 1 is 1.27 bits per heavy atom. The van der Waals surface area contributed by atoms with Crippen molar-refractivity contribution in [2.45, 2.75) is 23.1 Å². The molecule has 88 valence electrons. The van der Waals surface area contributed by atoms with Gasteiger partial charge >= 0.3 is 15.2 Å². The molecule has 7 nitrogen and oxygen atoms in total. The number of nitrogens with zero attached hydrogens (tertiary/aromatic N) is 1. The first kappa shape index (κ1) is 13.4. The molecule has 1 heterocycles. The maximum absolute atomic E-state index is 11.1. The van der Waals surface area contributed by atoms with Crippen molar-refractivity contribution in [2.75, 3.05) is 0 Å². The molecular formula is C5H11NO6P2S. The summed E-state index contributed by atoms with van der Waals surface area (Å²) in [6, 6.07) is 0. The molecule has 0 aromatic carbocycles. The molecule has 0 aromatic rings. The first-order valence-electron chi connectivity index (χ1n) is 3.94. The quantitative estimate of drug-likeness (QED) is 0.361. The van der Waals surface area contributed by atoms with E-state index in [1.165, 1.54) is 0 Å². The fraction of sp³-hybridized carbons (Fsp3) is 0.800. The number of aliphatic imine (C=N–C) groups is 1. The lowest BCUT2D eigenvalue weighted by atomic mass is 10.2. The third-order valence-corrected chi connectivity index (χ3v) is 6.88. The van der Waals surface area contributed by atoms with Gasteiger partial charge in [0.05, 0.1) is 5.37 Å². The minimum atomic E-state index is -4.97. The van der Waals surface area contributed by atoms with Crippen LogP contribution in [-0.4, -0.2) is 36.1 Å². The SMILES string of the molecule is O=P(O)(O)C1(P(=O)(O)O)C=NC(S)CC1. The molecule has 0 aromatic heterocycles. The van der Waals surface area contributed by atoms with Gasteiger partial charge in [0.2, 0.25) is 4.90 Å². The highest BCUT2D eigenvalue weighted by atomic mass is 32.1. The van der Waals surface area contributed by atoms with Gasteiger partial charge in [0.15, 0.2) is 0 Å². The molecule has 1 aliphatic rings. The van der Waals surface area contributed by atoms with Crippen LogP contribution >= 0.6 is 27.8 Å². The second-order valence-electron chi connectivity index (χ2n) is 3.26. The zero-order valence-corrected chi connectivity index (χ0v) is 10.1. The van der Waals surface area contributed by atoms with Gasteiger partial charge in [-0.25, -0.2) is 0 Å². The van der Waals surface area contributed by atoms with Gasteiger partial charge in [0.25, 0.3) is 0 Å². The van der Waals surface area contributed by atoms with Crippen molar-refractivity contribution < 1.29 is 28.7 Å². The van der Waals surface area contributed by atoms with Crippen LogP contribution in [-0.2, 0) is 9.13 Å². The molecule has 0 radical (unpaired) electrons. The van der Waals surface area contributed by atoms with Crippen LogP contribution in [0.25, 0.3) is 0 Å². The van der Waals surface area contributed by atoms with Crippen LogP contribution in [0.3, 0.4) is 0 Å². The van der Waals surface area contributed by atoms with Gasteiger partial charge in [-0.2, -0.15) is 12.6 Å². The van der Waals surface area contributed by atoms with Gasteiger partial charge in [-0.15, -0.1) is 0 Å². The normalized spacial score (nSPS) is 26.6. The van der Waals surface area contributed by atoms with E-state index in [2.05, 4.69) is 17.6 Å². The largest absolute Gasteiger partial charge is 0.349 e. The Labute approximate surface area is 91.3 Å². The van der Waals surface area contributed by atoms with Crippen LogP contribution in [0.15, 0.2) is 4.99 Å². The Kier molecular flexibility index (Phi) is 3.54. The van der Waals surface area contributed by atoms with Crippen LogP contribution in [0.4, 0.5) is 0 Å². The van der Waals surface area contributed by atoms with Gasteiger partial charge in [-0.1, -0.05) is 0 Å². The monoisotopic (exact) mass is 275 g/mol. The molecule has 1 unspecified atom stereocenters. The van der Waals surface area contributed by atoms with Crippen LogP contribution in [0.5, 0.6) is 0 Å². The van der Waals surface area contributed by atoms with Crippen LogP contribution < -0.4 is 0 Å². The molecule has 4 N–H and O–H groups in total. The van der Waals surface area contributed by atoms with Gasteiger partial charge in [0, 0.05) is 6.21 Å². The van der Waals surface area contributed by atoms with Gasteiger partial charge in [0.1, 0.15) is 0 Å². The summed E-state index contributed by atoms with van der Waals surface area (Å²) in [6.45, 7) is 0. The van der Waals surface area contributed by atoms with Crippen molar-refractivity contribution in [1.29, 1.82) is 0 Å². The molecule has 0 saturated carbocycles. The minimum Gasteiger partial charge on any atom is -0.323 e. The lowest BCUT2D eigenvalue weighted by Gasteiger charge is -2.34. The fourth-order valence-corrected chi connectivity index (χ4v) is 4.13. The average molecular weight is 275 g/mol. The third-order valence-electron chi connectivity index (χ3n) is 2.23. The molecule has 0 spiro atoms. The summed E-state index contributed by atoms with van der Waals surface area (Å²) in [4.78, 5) is 37.2.